The van der Waals surface area contributed by atoms with E-state index in [4.69, 9.17) is 5.26 Å². The summed E-state index contributed by atoms with van der Waals surface area (Å²) in [7, 11) is 0. The lowest BCUT2D eigenvalue weighted by atomic mass is 10.3. The van der Waals surface area contributed by atoms with Gasteiger partial charge in [-0.1, -0.05) is 12.1 Å². The van der Waals surface area contributed by atoms with Crippen molar-refractivity contribution in [2.45, 2.75) is 17.7 Å². The van der Waals surface area contributed by atoms with Crippen molar-refractivity contribution < 1.29 is 0 Å². The molecule has 74 valence electrons. The number of rotatable bonds is 5. The van der Waals surface area contributed by atoms with Gasteiger partial charge in [-0.05, 0) is 24.8 Å². The van der Waals surface area contributed by atoms with E-state index in [2.05, 4.69) is 29.8 Å². The van der Waals surface area contributed by atoms with Gasteiger partial charge in [-0.15, -0.1) is 11.8 Å². The van der Waals surface area contributed by atoms with E-state index in [1.54, 1.807) is 11.8 Å². The van der Waals surface area contributed by atoms with Gasteiger partial charge in [0.15, 0.2) is 0 Å². The van der Waals surface area contributed by atoms with E-state index in [-0.39, 0.29) is 0 Å². The Labute approximate surface area is 89.3 Å². The van der Waals surface area contributed by atoms with E-state index in [1.165, 1.54) is 4.90 Å². The molecule has 1 aromatic rings. The zero-order chi connectivity index (χ0) is 10.2. The maximum atomic E-state index is 8.38. The Bertz CT molecular complexity index is 317. The van der Waals surface area contributed by atoms with Crippen LogP contribution < -0.4 is 5.32 Å². The third-order valence-corrected chi connectivity index (χ3v) is 2.68. The summed E-state index contributed by atoms with van der Waals surface area (Å²) in [5.74, 6) is 0. The van der Waals surface area contributed by atoms with Gasteiger partial charge < -0.3 is 5.32 Å². The van der Waals surface area contributed by atoms with Crippen molar-refractivity contribution in [1.29, 1.82) is 5.26 Å². The number of nitriles is 1. The molecule has 3 heteroatoms. The Hall–Kier alpha value is -1.14. The van der Waals surface area contributed by atoms with Crippen LogP contribution in [0.2, 0.25) is 0 Å². The Morgan fingerprint density at radius 2 is 2.21 bits per heavy atom. The first-order valence-electron chi connectivity index (χ1n) is 4.62. The van der Waals surface area contributed by atoms with Gasteiger partial charge in [-0.2, -0.15) is 5.26 Å². The molecule has 0 saturated heterocycles. The maximum absolute atomic E-state index is 8.38. The zero-order valence-corrected chi connectivity index (χ0v) is 9.10. The highest BCUT2D eigenvalue weighted by atomic mass is 32.2. The SMILES string of the molecule is CSc1ccccc1NCCCC#N. The molecule has 1 N–H and O–H groups in total. The summed E-state index contributed by atoms with van der Waals surface area (Å²) < 4.78 is 0. The number of para-hydroxylation sites is 1. The number of thioether (sulfide) groups is 1. The molecule has 2 nitrogen and oxygen atoms in total. The lowest BCUT2D eigenvalue weighted by Crippen LogP contribution is -2.01. The molecule has 0 spiro atoms. The van der Waals surface area contributed by atoms with Crippen LogP contribution in [-0.4, -0.2) is 12.8 Å². The molecule has 1 aromatic carbocycles. The van der Waals surface area contributed by atoms with Crippen molar-refractivity contribution in [3.8, 4) is 6.07 Å². The van der Waals surface area contributed by atoms with E-state index in [9.17, 15) is 0 Å². The second-order valence-corrected chi connectivity index (χ2v) is 3.74. The molecule has 0 atom stereocenters. The number of anilines is 1. The lowest BCUT2D eigenvalue weighted by Gasteiger charge is -2.08. The van der Waals surface area contributed by atoms with Crippen LogP contribution >= 0.6 is 11.8 Å². The van der Waals surface area contributed by atoms with E-state index < -0.39 is 0 Å². The Balaban J connectivity index is 2.46. The molecule has 0 fully saturated rings. The lowest BCUT2D eigenvalue weighted by molar-refractivity contribution is 0.895. The van der Waals surface area contributed by atoms with E-state index >= 15 is 0 Å². The highest BCUT2D eigenvalue weighted by molar-refractivity contribution is 7.98. The van der Waals surface area contributed by atoms with Crippen LogP contribution in [0, 0.1) is 11.3 Å². The van der Waals surface area contributed by atoms with Gasteiger partial charge in [0.05, 0.1) is 6.07 Å². The first-order valence-corrected chi connectivity index (χ1v) is 5.85. The number of unbranched alkanes of at least 4 members (excludes halogenated alkanes) is 1. The molecule has 0 aliphatic heterocycles. The van der Waals surface area contributed by atoms with Gasteiger partial charge in [0.2, 0.25) is 0 Å². The first-order chi connectivity index (χ1) is 6.88. The third-order valence-electron chi connectivity index (χ3n) is 1.89. The van der Waals surface area contributed by atoms with Crippen molar-refractivity contribution in [3.05, 3.63) is 24.3 Å². The number of nitrogens with one attached hydrogen (secondary N) is 1. The van der Waals surface area contributed by atoms with E-state index in [0.717, 1.165) is 18.7 Å². The molecule has 0 radical (unpaired) electrons. The van der Waals surface area contributed by atoms with Gasteiger partial charge >= 0.3 is 0 Å². The summed E-state index contributed by atoms with van der Waals surface area (Å²) in [4.78, 5) is 1.25. The summed E-state index contributed by atoms with van der Waals surface area (Å²) in [5, 5.41) is 11.7. The Morgan fingerprint density at radius 1 is 1.43 bits per heavy atom. The molecule has 0 aliphatic rings. The van der Waals surface area contributed by atoms with Gasteiger partial charge in [0.25, 0.3) is 0 Å². The van der Waals surface area contributed by atoms with Crippen LogP contribution in [-0.2, 0) is 0 Å². The molecule has 1 rings (SSSR count). The fraction of sp³-hybridized carbons (Fsp3) is 0.364. The largest absolute Gasteiger partial charge is 0.384 e. The molecule has 0 aliphatic carbocycles. The zero-order valence-electron chi connectivity index (χ0n) is 8.29. The Kier molecular flexibility index (Phi) is 4.95. The summed E-state index contributed by atoms with van der Waals surface area (Å²) in [6.07, 6.45) is 3.59. The normalized spacial score (nSPS) is 9.43. The van der Waals surface area contributed by atoms with Crippen LogP contribution in [0.3, 0.4) is 0 Å². The topological polar surface area (TPSA) is 35.8 Å². The predicted octanol–water partition coefficient (Wildman–Crippen LogP) is 3.12. The molecule has 0 heterocycles. The third kappa shape index (κ3) is 3.31. The predicted molar refractivity (Wildman–Crippen MR) is 61.6 cm³/mol. The second kappa shape index (κ2) is 6.33. The van der Waals surface area contributed by atoms with Crippen molar-refractivity contribution >= 4 is 17.4 Å². The molecule has 0 saturated carbocycles. The molecule has 0 aromatic heterocycles. The van der Waals surface area contributed by atoms with Crippen molar-refractivity contribution in [3.63, 3.8) is 0 Å². The van der Waals surface area contributed by atoms with E-state index in [0.29, 0.717) is 6.42 Å². The first kappa shape index (κ1) is 10.9. The smallest absolute Gasteiger partial charge is 0.0622 e. The van der Waals surface area contributed by atoms with Gasteiger partial charge in [-0.3, -0.25) is 0 Å². The highest BCUT2D eigenvalue weighted by Gasteiger charge is 1.97. The average molecular weight is 206 g/mol. The number of nitrogens with zero attached hydrogens (tertiary/aromatic N) is 1. The standard InChI is InChI=1S/C11H14N2S/c1-14-11-7-3-2-6-10(11)13-9-5-4-8-12/h2-3,6-7,13H,4-5,9H2,1H3. The summed E-state index contributed by atoms with van der Waals surface area (Å²) in [5.41, 5.74) is 1.16. The average Bonchev–Trinajstić information content (AvgIpc) is 2.25. The summed E-state index contributed by atoms with van der Waals surface area (Å²) >= 11 is 1.73. The molecule has 0 bridgehead atoms. The van der Waals surface area contributed by atoms with Crippen molar-refractivity contribution in [2.75, 3.05) is 18.1 Å². The molecule has 14 heavy (non-hydrogen) atoms. The molecule has 0 unspecified atom stereocenters. The quantitative estimate of drug-likeness (QED) is 0.594. The van der Waals surface area contributed by atoms with Gasteiger partial charge in [0.1, 0.15) is 0 Å². The molecular formula is C11H14N2S. The number of benzene rings is 1. The number of hydrogen-bond acceptors (Lipinski definition) is 3. The van der Waals surface area contributed by atoms with Crippen LogP contribution in [0.5, 0.6) is 0 Å². The monoisotopic (exact) mass is 206 g/mol. The van der Waals surface area contributed by atoms with Gasteiger partial charge in [-0.25, -0.2) is 0 Å². The minimum Gasteiger partial charge on any atom is -0.384 e. The fourth-order valence-corrected chi connectivity index (χ4v) is 1.76. The van der Waals surface area contributed by atoms with Crippen LogP contribution in [0.1, 0.15) is 12.8 Å². The van der Waals surface area contributed by atoms with Crippen LogP contribution in [0.25, 0.3) is 0 Å². The van der Waals surface area contributed by atoms with Gasteiger partial charge in [0, 0.05) is 23.5 Å². The van der Waals surface area contributed by atoms with Crippen molar-refractivity contribution in [1.82, 2.24) is 0 Å². The van der Waals surface area contributed by atoms with Crippen LogP contribution in [0.15, 0.2) is 29.2 Å². The summed E-state index contributed by atoms with van der Waals surface area (Å²) in [6.45, 7) is 0.866. The maximum Gasteiger partial charge on any atom is 0.0622 e. The Morgan fingerprint density at radius 3 is 2.93 bits per heavy atom. The minimum atomic E-state index is 0.619. The van der Waals surface area contributed by atoms with Crippen molar-refractivity contribution in [2.24, 2.45) is 0 Å². The molecular weight excluding hydrogens is 192 g/mol. The van der Waals surface area contributed by atoms with Crippen LogP contribution in [0.4, 0.5) is 5.69 Å². The highest BCUT2D eigenvalue weighted by Crippen LogP contribution is 2.24. The molecule has 0 amide bonds. The number of hydrogen-bond donors (Lipinski definition) is 1. The fourth-order valence-electron chi connectivity index (χ4n) is 1.18. The summed E-state index contributed by atoms with van der Waals surface area (Å²) in [6, 6.07) is 10.4. The second-order valence-electron chi connectivity index (χ2n) is 2.89. The minimum absolute atomic E-state index is 0.619. The van der Waals surface area contributed by atoms with E-state index in [1.807, 2.05) is 12.1 Å².